The molecule has 17 N–H and O–H groups in total. The van der Waals surface area contributed by atoms with Gasteiger partial charge in [0.15, 0.2) is 0 Å². The summed E-state index contributed by atoms with van der Waals surface area (Å²) < 4.78 is 0. The summed E-state index contributed by atoms with van der Waals surface area (Å²) in [6, 6.07) is -0.585. The lowest BCUT2D eigenvalue weighted by molar-refractivity contribution is -0.140. The van der Waals surface area contributed by atoms with Crippen LogP contribution in [0.5, 0.6) is 5.75 Å². The summed E-state index contributed by atoms with van der Waals surface area (Å²) in [4.78, 5) is 226. The maximum absolute atomic E-state index is 14.9. The summed E-state index contributed by atoms with van der Waals surface area (Å²) in [6.45, 7) is 17.5. The van der Waals surface area contributed by atoms with Crippen molar-refractivity contribution in [3.8, 4) is 5.75 Å². The van der Waals surface area contributed by atoms with Gasteiger partial charge in [-0.15, -0.1) is 0 Å². The van der Waals surface area contributed by atoms with Gasteiger partial charge in [-0.3, -0.25) is 76.7 Å². The van der Waals surface area contributed by atoms with E-state index in [-0.39, 0.29) is 82.0 Å². The normalized spacial score (nSPS) is 23.6. The molecule has 11 amide bonds. The van der Waals surface area contributed by atoms with Crippen LogP contribution in [0, 0.1) is 23.2 Å². The highest BCUT2D eigenvalue weighted by molar-refractivity contribution is 6.41. The molecule has 0 saturated carbocycles. The first kappa shape index (κ1) is 93.3. The number of amides is 11. The lowest BCUT2D eigenvalue weighted by Gasteiger charge is -2.33. The molecule has 0 spiro atoms. The summed E-state index contributed by atoms with van der Waals surface area (Å²) in [7, 11) is 3.46. The molecular formula is C79H119N15O17. The SMILES string of the molecule is CC(C)C[C@@H]1CN[C@@H](CCC(N)=O)C(=O)C(=O)C(C)NC(=O)[C@H](Cc2c[nH]c3ccccc23)NC(=O)[C@H](Cc2ccc(O)cc2)NC(=O)C(C)NC(=O)[C@](C)(CC(=O)CN(C)C)CCCCCC/C=C/CCC[C@@](C)(C(=O)NC(C)C(=O)N[C@@H](C)C(=O)NC(C)C(=O)N[C@@H](C)C(=O)C(=O)[C@H](C)NC[C@H](C)C(N)=O)NC1=O. The van der Waals surface area contributed by atoms with Gasteiger partial charge in [0.05, 0.1) is 42.0 Å². The lowest BCUT2D eigenvalue weighted by atomic mass is 9.78. The van der Waals surface area contributed by atoms with E-state index in [1.165, 1.54) is 86.6 Å². The molecule has 3 aromatic rings. The second kappa shape index (κ2) is 44.7. The van der Waals surface area contributed by atoms with Crippen LogP contribution in [0.2, 0.25) is 0 Å². The first-order valence-electron chi connectivity index (χ1n) is 38.2. The second-order valence-electron chi connectivity index (χ2n) is 30.7. The number of benzene rings is 2. The number of Topliss-reactive ketones (excluding diaryl/α,β-unsaturated/α-hetero) is 5. The highest BCUT2D eigenvalue weighted by Crippen LogP contribution is 2.31. The van der Waals surface area contributed by atoms with Gasteiger partial charge >= 0.3 is 0 Å². The number of fused-ring (bicyclic) bond motifs is 1. The summed E-state index contributed by atoms with van der Waals surface area (Å²) in [5, 5.41) is 40.4. The zero-order chi connectivity index (χ0) is 83.2. The Hall–Kier alpha value is -10.1. The fourth-order valence-electron chi connectivity index (χ4n) is 12.6. The van der Waals surface area contributed by atoms with Gasteiger partial charge in [0.25, 0.3) is 0 Å². The lowest BCUT2D eigenvalue weighted by Crippen LogP contribution is -2.62. The minimum atomic E-state index is -1.75. The number of phenolic OH excluding ortho intramolecular Hbond substituents is 1. The van der Waals surface area contributed by atoms with Crippen molar-refractivity contribution in [2.24, 2.45) is 34.6 Å². The van der Waals surface area contributed by atoms with Gasteiger partial charge in [0, 0.05) is 61.8 Å². The number of allylic oxidation sites excluding steroid dienone is 2. The fourth-order valence-corrected chi connectivity index (χ4v) is 12.6. The first-order valence-corrected chi connectivity index (χ1v) is 38.2. The number of carbonyl (C=O) groups is 16. The molecule has 0 aliphatic carbocycles. The molecule has 4 rings (SSSR count). The third-order valence-corrected chi connectivity index (χ3v) is 19.7. The van der Waals surface area contributed by atoms with Crippen molar-refractivity contribution in [2.45, 2.75) is 245 Å². The quantitative estimate of drug-likeness (QED) is 0.0361. The van der Waals surface area contributed by atoms with E-state index in [1.54, 1.807) is 56.4 Å². The summed E-state index contributed by atoms with van der Waals surface area (Å²) in [5.41, 5.74) is 9.57. The predicted molar refractivity (Wildman–Crippen MR) is 416 cm³/mol. The highest BCUT2D eigenvalue weighted by atomic mass is 16.3. The van der Waals surface area contributed by atoms with Crippen LogP contribution in [0.4, 0.5) is 0 Å². The molecule has 0 radical (unpaired) electrons. The third kappa shape index (κ3) is 30.6. The van der Waals surface area contributed by atoms with E-state index >= 15 is 0 Å². The zero-order valence-corrected chi connectivity index (χ0v) is 66.7. The number of hydrogen-bond acceptors (Lipinski definition) is 20. The molecule has 2 aromatic carbocycles. The van der Waals surface area contributed by atoms with Crippen molar-refractivity contribution in [3.63, 3.8) is 0 Å². The van der Waals surface area contributed by atoms with Gasteiger partial charge < -0.3 is 84.9 Å². The van der Waals surface area contributed by atoms with Crippen LogP contribution in [-0.2, 0) is 89.6 Å². The van der Waals surface area contributed by atoms with Crippen LogP contribution in [0.3, 0.4) is 0 Å². The number of ketones is 5. The summed E-state index contributed by atoms with van der Waals surface area (Å²) in [6.07, 6.45) is 8.80. The second-order valence-corrected chi connectivity index (χ2v) is 30.7. The van der Waals surface area contributed by atoms with Crippen molar-refractivity contribution in [1.29, 1.82) is 0 Å². The van der Waals surface area contributed by atoms with Crippen LogP contribution in [0.25, 0.3) is 10.9 Å². The Labute approximate surface area is 649 Å². The molecule has 1 aliphatic heterocycles. The van der Waals surface area contributed by atoms with E-state index in [0.29, 0.717) is 54.1 Å². The monoisotopic (exact) mass is 1550 g/mol. The van der Waals surface area contributed by atoms with Gasteiger partial charge in [-0.05, 0) is 156 Å². The number of nitrogens with two attached hydrogens (primary N) is 2. The number of H-pyrrole nitrogens is 1. The number of nitrogens with zero attached hydrogens (tertiary/aromatic N) is 1. The Balaban J connectivity index is 1.69. The van der Waals surface area contributed by atoms with Crippen LogP contribution in [0.15, 0.2) is 66.9 Å². The average molecular weight is 1550 g/mol. The van der Waals surface area contributed by atoms with Crippen molar-refractivity contribution < 1.29 is 81.8 Å². The number of aromatic hydroxyl groups is 1. The number of likely N-dealkylation sites (N-methyl/N-ethyl adjacent to an activating group) is 1. The molecule has 0 fully saturated rings. The van der Waals surface area contributed by atoms with E-state index < -0.39 is 178 Å². The van der Waals surface area contributed by atoms with Gasteiger partial charge in [-0.1, -0.05) is 89.4 Å². The summed E-state index contributed by atoms with van der Waals surface area (Å²) in [5.74, 6) is -14.8. The van der Waals surface area contributed by atoms with Crippen LogP contribution >= 0.6 is 0 Å². The molecule has 111 heavy (non-hydrogen) atoms. The maximum atomic E-state index is 14.9. The molecule has 14 atom stereocenters. The predicted octanol–water partition coefficient (Wildman–Crippen LogP) is 1.40. The number of phenols is 1. The van der Waals surface area contributed by atoms with Gasteiger partial charge in [0.1, 0.15) is 53.3 Å². The Morgan fingerprint density at radius 1 is 0.604 bits per heavy atom. The largest absolute Gasteiger partial charge is 0.508 e. The molecular weight excluding hydrogens is 1430 g/mol. The molecule has 32 heteroatoms. The van der Waals surface area contributed by atoms with E-state index in [0.717, 1.165) is 12.8 Å². The minimum Gasteiger partial charge on any atom is -0.508 e. The number of aromatic amines is 1. The minimum absolute atomic E-state index is 0.00570. The van der Waals surface area contributed by atoms with Crippen molar-refractivity contribution in [1.82, 2.24) is 68.4 Å². The molecule has 2 heterocycles. The Morgan fingerprint density at radius 3 is 1.77 bits per heavy atom. The highest BCUT2D eigenvalue weighted by Gasteiger charge is 2.42. The van der Waals surface area contributed by atoms with Crippen LogP contribution < -0.4 is 70.0 Å². The standard InChI is InChI=1S/C79H119N15O17/c1-44(2)36-55-42-84-60(32-33-63(80)97)67(101)66(100)48(6)86-74(108)62(38-54-41-83-59-27-23-22-26-58(54)59)92-75(109)61(37-53-28-30-56(95)31-29-53)91-72(106)52(10)89-76(110)78(11,39-57(96)43-94(13)14)34-24-20-18-16-15-17-19-21-25-35-79(12,93-73(55)107)77(111)90-51(9)71(105)88-50(8)70(104)87-49(7)69(103)85-47(5)65(99)64(98)46(4)82-40-45(3)68(81)102/h17,19,22-23,26-31,41,44-52,55,60-62,82-84,95H,15-16,18,20-21,24-25,32-40,42-43H2,1-14H3,(H2,80,97)(H2,81,102)(H,85,103)(H,86,108)(H,87,104)(H,88,105)(H,89,110)(H,90,111)(H,91,106)(H,92,109)(H,93,107)/b19-17+/t45-,46-,47-,48?,49?,50-,51?,52?,55+,60-,61-,62-,78-,79-/m0/s1. The molecule has 0 saturated heterocycles. The molecule has 32 nitrogen and oxygen atoms in total. The zero-order valence-electron chi connectivity index (χ0n) is 66.7. The number of nitrogens with one attached hydrogen (secondary N) is 12. The Kier molecular flexibility index (Phi) is 37.6. The van der Waals surface area contributed by atoms with Gasteiger partial charge in [0.2, 0.25) is 88.1 Å². The van der Waals surface area contributed by atoms with Crippen molar-refractivity contribution in [2.75, 3.05) is 33.7 Å². The Bertz CT molecular complexity index is 3820. The number of para-hydroxylation sites is 1. The molecule has 4 unspecified atom stereocenters. The molecule has 1 aliphatic rings. The number of rotatable bonds is 28. The number of aromatic nitrogens is 1. The van der Waals surface area contributed by atoms with E-state index in [4.69, 9.17) is 11.5 Å². The smallest absolute Gasteiger partial charge is 0.246 e. The maximum Gasteiger partial charge on any atom is 0.246 e. The van der Waals surface area contributed by atoms with E-state index in [9.17, 15) is 81.8 Å². The molecule has 612 valence electrons. The number of hydrogen-bond donors (Lipinski definition) is 15. The van der Waals surface area contributed by atoms with Gasteiger partial charge in [-0.2, -0.15) is 0 Å². The Morgan fingerprint density at radius 2 is 1.16 bits per heavy atom. The van der Waals surface area contributed by atoms with E-state index in [1.807, 2.05) is 26.0 Å². The first-order chi connectivity index (χ1) is 52.1. The van der Waals surface area contributed by atoms with Gasteiger partial charge in [-0.25, -0.2) is 0 Å². The van der Waals surface area contributed by atoms with E-state index in [2.05, 4.69) is 63.5 Å². The van der Waals surface area contributed by atoms with Crippen molar-refractivity contribution in [3.05, 3.63) is 78.0 Å². The average Bonchev–Trinajstić information content (AvgIpc) is 1.78. The topological polar surface area (TPSA) is 497 Å². The van der Waals surface area contributed by atoms with Crippen LogP contribution in [-0.4, -0.2) is 209 Å². The van der Waals surface area contributed by atoms with Crippen LogP contribution in [0.1, 0.15) is 178 Å². The molecule has 1 aromatic heterocycles. The fraction of sp³-hybridized carbons (Fsp3) is 0.595. The number of carbonyl (C=O) groups excluding carboxylic acids is 16. The molecule has 0 bridgehead atoms. The number of primary amides is 2. The summed E-state index contributed by atoms with van der Waals surface area (Å²) >= 11 is 0. The third-order valence-electron chi connectivity index (χ3n) is 19.7. The van der Waals surface area contributed by atoms with Crippen molar-refractivity contribution >= 4 is 105 Å².